The Labute approximate surface area is 290 Å². The zero-order valence-corrected chi connectivity index (χ0v) is 27.0. The first-order valence-electron chi connectivity index (χ1n) is 15.3. The molecular formula is C36H29F10NO5. The van der Waals surface area contributed by atoms with Crippen LogP contribution in [-0.4, -0.2) is 38.1 Å². The van der Waals surface area contributed by atoms with Gasteiger partial charge >= 0.3 is 24.7 Å². The molecule has 1 unspecified atom stereocenters. The summed E-state index contributed by atoms with van der Waals surface area (Å²) in [5, 5.41) is 2.49. The van der Waals surface area contributed by atoms with Gasteiger partial charge in [-0.15, -0.1) is 0 Å². The van der Waals surface area contributed by atoms with Crippen molar-refractivity contribution < 1.29 is 67.7 Å². The predicted octanol–water partition coefficient (Wildman–Crippen LogP) is 9.00. The Kier molecular flexibility index (Phi) is 12.4. The number of rotatable bonds is 15. The number of benzene rings is 4. The largest absolute Gasteiger partial charge is 0.491 e. The van der Waals surface area contributed by atoms with E-state index in [0.717, 1.165) is 30.3 Å². The topological polar surface area (TPSA) is 73.9 Å². The fraction of sp³-hybridized carbons (Fsp3) is 0.278. The summed E-state index contributed by atoms with van der Waals surface area (Å²) in [6.45, 7) is -0.147. The number of hydrogen-bond acceptors (Lipinski definition) is 5. The first-order chi connectivity index (χ1) is 24.4. The minimum atomic E-state index is -5.23. The maximum Gasteiger partial charge on any atom is 0.461 e. The third-order valence-electron chi connectivity index (χ3n) is 7.73. The Hall–Kier alpha value is -5.28. The molecule has 0 aliphatic rings. The fourth-order valence-corrected chi connectivity index (χ4v) is 5.22. The molecule has 278 valence electrons. The molecule has 0 radical (unpaired) electrons. The van der Waals surface area contributed by atoms with Crippen LogP contribution in [-0.2, 0) is 27.7 Å². The van der Waals surface area contributed by atoms with Crippen molar-refractivity contribution in [2.45, 2.75) is 49.9 Å². The maximum absolute atomic E-state index is 15.2. The summed E-state index contributed by atoms with van der Waals surface area (Å²) in [5.41, 5.74) is -5.04. The van der Waals surface area contributed by atoms with Gasteiger partial charge in [-0.3, -0.25) is 9.59 Å². The predicted molar refractivity (Wildman–Crippen MR) is 166 cm³/mol. The number of nitrogens with one attached hydrogen (secondary N) is 1. The second kappa shape index (κ2) is 16.4. The summed E-state index contributed by atoms with van der Waals surface area (Å²) >= 11 is 0. The monoisotopic (exact) mass is 745 g/mol. The molecule has 0 aliphatic carbocycles. The molecule has 4 rings (SSSR count). The number of carbonyl (C=O) groups is 2. The van der Waals surface area contributed by atoms with E-state index in [1.54, 1.807) is 18.2 Å². The van der Waals surface area contributed by atoms with E-state index in [1.165, 1.54) is 19.2 Å². The molecule has 0 spiro atoms. The summed E-state index contributed by atoms with van der Waals surface area (Å²) in [6, 6.07) is 13.9. The summed E-state index contributed by atoms with van der Waals surface area (Å²) in [7, 11) is 1.20. The average molecular weight is 746 g/mol. The highest BCUT2D eigenvalue weighted by atomic mass is 19.4. The van der Waals surface area contributed by atoms with Crippen molar-refractivity contribution in [3.8, 4) is 11.5 Å². The van der Waals surface area contributed by atoms with Gasteiger partial charge in [-0.25, -0.2) is 13.2 Å². The zero-order valence-electron chi connectivity index (χ0n) is 27.0. The zero-order chi connectivity index (χ0) is 38.3. The quantitative estimate of drug-likeness (QED) is 0.0748. The minimum absolute atomic E-state index is 0.0304. The molecule has 6 nitrogen and oxygen atoms in total. The van der Waals surface area contributed by atoms with E-state index in [-0.39, 0.29) is 37.5 Å². The number of ether oxygens (including phenoxy) is 3. The first-order valence-corrected chi connectivity index (χ1v) is 15.3. The number of alkyl halides is 7. The van der Waals surface area contributed by atoms with Crippen molar-refractivity contribution in [1.82, 2.24) is 5.32 Å². The van der Waals surface area contributed by atoms with Gasteiger partial charge in [-0.2, -0.15) is 30.7 Å². The number of esters is 1. The second-order valence-corrected chi connectivity index (χ2v) is 11.4. The van der Waals surface area contributed by atoms with Crippen LogP contribution < -0.4 is 14.8 Å². The van der Waals surface area contributed by atoms with Crippen molar-refractivity contribution >= 4 is 11.9 Å². The molecular weight excluding hydrogens is 716 g/mol. The molecule has 0 fully saturated rings. The summed E-state index contributed by atoms with van der Waals surface area (Å²) in [4.78, 5) is 25.3. The van der Waals surface area contributed by atoms with Crippen LogP contribution in [0.4, 0.5) is 43.9 Å². The lowest BCUT2D eigenvalue weighted by molar-refractivity contribution is -0.253. The second-order valence-electron chi connectivity index (χ2n) is 11.4. The van der Waals surface area contributed by atoms with Crippen LogP contribution in [0.3, 0.4) is 0 Å². The van der Waals surface area contributed by atoms with E-state index in [4.69, 9.17) is 4.74 Å². The van der Waals surface area contributed by atoms with Crippen molar-refractivity contribution in [3.05, 3.63) is 130 Å². The van der Waals surface area contributed by atoms with Gasteiger partial charge in [0.25, 0.3) is 5.91 Å². The highest BCUT2D eigenvalue weighted by Crippen LogP contribution is 2.40. The van der Waals surface area contributed by atoms with Gasteiger partial charge in [-0.1, -0.05) is 36.4 Å². The van der Waals surface area contributed by atoms with E-state index in [1.807, 2.05) is 0 Å². The Morgan fingerprint density at radius 1 is 0.788 bits per heavy atom. The van der Waals surface area contributed by atoms with Gasteiger partial charge in [0.15, 0.2) is 11.6 Å². The molecule has 0 aromatic heterocycles. The maximum atomic E-state index is 15.2. The summed E-state index contributed by atoms with van der Waals surface area (Å²) in [5.74, 6) is -7.35. The van der Waals surface area contributed by atoms with Crippen molar-refractivity contribution in [3.63, 3.8) is 0 Å². The van der Waals surface area contributed by atoms with Gasteiger partial charge in [0.1, 0.15) is 17.4 Å². The lowest BCUT2D eigenvalue weighted by Gasteiger charge is -2.37. The number of halogens is 10. The highest BCUT2D eigenvalue weighted by Gasteiger charge is 2.45. The van der Waals surface area contributed by atoms with Gasteiger partial charge in [0.05, 0.1) is 24.8 Å². The van der Waals surface area contributed by atoms with Crippen LogP contribution in [0.1, 0.15) is 51.9 Å². The van der Waals surface area contributed by atoms with Gasteiger partial charge in [0, 0.05) is 24.5 Å². The Bertz CT molecular complexity index is 1870. The van der Waals surface area contributed by atoms with Crippen molar-refractivity contribution in [2.75, 3.05) is 13.7 Å². The molecule has 0 saturated heterocycles. The molecule has 16 heteroatoms. The van der Waals surface area contributed by atoms with E-state index in [2.05, 4.69) is 14.8 Å². The first kappa shape index (κ1) is 39.5. The van der Waals surface area contributed by atoms with E-state index >= 15 is 8.78 Å². The average Bonchev–Trinajstić information content (AvgIpc) is 3.08. The van der Waals surface area contributed by atoms with Gasteiger partial charge < -0.3 is 19.5 Å². The SMILES string of the molecule is COC(=O)CCCCOc1cc(C(Cc2ccccc2)(NC(=O)c2ccc(F)c(C(F)(F)F)c2)c2cc(F)cc(OC(F)(F)C(F)F)c2)ccc1F. The minimum Gasteiger partial charge on any atom is -0.491 e. The number of hydrogen-bond donors (Lipinski definition) is 1. The molecule has 1 atom stereocenters. The Morgan fingerprint density at radius 3 is 2.13 bits per heavy atom. The molecule has 1 N–H and O–H groups in total. The van der Waals surface area contributed by atoms with Crippen LogP contribution in [0.5, 0.6) is 11.5 Å². The lowest BCUT2D eigenvalue weighted by Crippen LogP contribution is -2.49. The fourth-order valence-electron chi connectivity index (χ4n) is 5.22. The molecule has 1 amide bonds. The molecule has 0 heterocycles. The van der Waals surface area contributed by atoms with Crippen LogP contribution >= 0.6 is 0 Å². The molecule has 0 bridgehead atoms. The Balaban J connectivity index is 1.93. The van der Waals surface area contributed by atoms with Crippen molar-refractivity contribution in [2.24, 2.45) is 0 Å². The number of methoxy groups -OCH3 is 1. The van der Waals surface area contributed by atoms with Crippen LogP contribution in [0.25, 0.3) is 0 Å². The standard InChI is InChI=1S/C36H29F10NO5/c1-50-31(48)9-5-6-14-51-30-18-23(11-13-29(30)39)34(20-21-7-3-2-4-8-21,24-16-25(37)19-26(17-24)52-36(45,46)33(40)41)47-32(49)22-10-12-28(38)27(15-22)35(42,43)44/h2-4,7-8,10-13,15-19,33H,5-6,9,14,20H2,1H3,(H,47,49). The van der Waals surface area contributed by atoms with E-state index in [9.17, 15) is 44.7 Å². The smallest absolute Gasteiger partial charge is 0.461 e. The Morgan fingerprint density at radius 2 is 1.48 bits per heavy atom. The summed E-state index contributed by atoms with van der Waals surface area (Å²) < 4.78 is 154. The molecule has 0 aliphatic heterocycles. The molecule has 4 aromatic carbocycles. The number of carbonyl (C=O) groups excluding carboxylic acids is 2. The van der Waals surface area contributed by atoms with Crippen molar-refractivity contribution in [1.29, 1.82) is 0 Å². The number of amides is 1. The van der Waals surface area contributed by atoms with Crippen LogP contribution in [0.2, 0.25) is 0 Å². The van der Waals surface area contributed by atoms with Gasteiger partial charge in [-0.05, 0) is 72.0 Å². The molecule has 0 saturated carbocycles. The number of unbranched alkanes of at least 4 members (excludes halogenated alkanes) is 1. The van der Waals surface area contributed by atoms with Crippen LogP contribution in [0.15, 0.2) is 84.9 Å². The summed E-state index contributed by atoms with van der Waals surface area (Å²) in [6.07, 6.45) is -14.6. The highest BCUT2D eigenvalue weighted by molar-refractivity contribution is 5.95. The molecule has 52 heavy (non-hydrogen) atoms. The van der Waals surface area contributed by atoms with Gasteiger partial charge in [0.2, 0.25) is 0 Å². The third kappa shape index (κ3) is 9.73. The lowest BCUT2D eigenvalue weighted by atomic mass is 9.77. The van der Waals surface area contributed by atoms with E-state index < -0.39 is 88.2 Å². The van der Waals surface area contributed by atoms with Crippen LogP contribution in [0, 0.1) is 17.5 Å². The molecule has 4 aromatic rings. The normalized spacial score (nSPS) is 13.0. The third-order valence-corrected chi connectivity index (χ3v) is 7.73. The van der Waals surface area contributed by atoms with E-state index in [0.29, 0.717) is 23.8 Å².